The van der Waals surface area contributed by atoms with Crippen molar-refractivity contribution in [1.29, 1.82) is 0 Å². The number of benzene rings is 1. The molecule has 0 atom stereocenters. The molecule has 4 heteroatoms. The molecule has 3 rings (SSSR count). The zero-order chi connectivity index (χ0) is 16.4. The van der Waals surface area contributed by atoms with Crippen molar-refractivity contribution in [3.63, 3.8) is 0 Å². The number of anilines is 1. The average Bonchev–Trinajstić information content (AvgIpc) is 2.90. The van der Waals surface area contributed by atoms with Crippen LogP contribution in [0.1, 0.15) is 26.3 Å². The summed E-state index contributed by atoms with van der Waals surface area (Å²) in [6.07, 6.45) is 5.83. The van der Waals surface area contributed by atoms with Crippen molar-refractivity contribution in [2.75, 3.05) is 11.4 Å². The van der Waals surface area contributed by atoms with Crippen molar-refractivity contribution >= 4 is 27.8 Å². The van der Waals surface area contributed by atoms with E-state index in [1.807, 2.05) is 12.3 Å². The minimum Gasteiger partial charge on any atom is -0.435 e. The van der Waals surface area contributed by atoms with Gasteiger partial charge in [0.25, 0.3) is 0 Å². The van der Waals surface area contributed by atoms with Gasteiger partial charge in [0, 0.05) is 42.0 Å². The van der Waals surface area contributed by atoms with Gasteiger partial charge in [-0.15, -0.1) is 0 Å². The predicted molar refractivity (Wildman–Crippen MR) is 96.7 cm³/mol. The van der Waals surface area contributed by atoms with Gasteiger partial charge in [-0.1, -0.05) is 12.1 Å². The van der Waals surface area contributed by atoms with Gasteiger partial charge in [0.15, 0.2) is 5.58 Å². The minimum absolute atomic E-state index is 0.414. The number of pyridine rings is 1. The number of nitrogens with one attached hydrogen (secondary N) is 1. The first-order valence-electron chi connectivity index (χ1n) is 8.08. The fourth-order valence-electron chi connectivity index (χ4n) is 2.78. The van der Waals surface area contributed by atoms with Crippen LogP contribution in [-0.2, 0) is 0 Å². The van der Waals surface area contributed by atoms with E-state index in [0.717, 1.165) is 28.6 Å². The Morgan fingerprint density at radius 3 is 2.83 bits per heavy atom. The molecule has 4 nitrogen and oxygen atoms in total. The lowest BCUT2D eigenvalue weighted by Gasteiger charge is -2.21. The average molecular weight is 309 g/mol. The van der Waals surface area contributed by atoms with Crippen molar-refractivity contribution < 1.29 is 4.42 Å². The Labute approximate surface area is 136 Å². The van der Waals surface area contributed by atoms with Crippen LogP contribution in [0.15, 0.2) is 47.3 Å². The molecule has 0 radical (unpaired) electrons. The number of aromatic nitrogens is 1. The molecule has 2 heterocycles. The highest BCUT2D eigenvalue weighted by molar-refractivity contribution is 6.08. The second-order valence-electron chi connectivity index (χ2n) is 5.99. The van der Waals surface area contributed by atoms with E-state index in [4.69, 9.17) is 4.42 Å². The van der Waals surface area contributed by atoms with Gasteiger partial charge in [0.1, 0.15) is 0 Å². The highest BCUT2D eigenvalue weighted by atomic mass is 16.3. The maximum atomic E-state index is 6.07. The first-order chi connectivity index (χ1) is 11.1. The largest absolute Gasteiger partial charge is 0.435 e. The summed E-state index contributed by atoms with van der Waals surface area (Å²) in [5.41, 5.74) is 3.88. The molecule has 0 amide bonds. The Morgan fingerprint density at radius 2 is 2.09 bits per heavy atom. The van der Waals surface area contributed by atoms with Gasteiger partial charge in [-0.2, -0.15) is 0 Å². The molecule has 0 bridgehead atoms. The Bertz CT molecular complexity index is 848. The zero-order valence-corrected chi connectivity index (χ0v) is 14.1. The molecule has 0 aliphatic rings. The van der Waals surface area contributed by atoms with Gasteiger partial charge in [0.2, 0.25) is 5.71 Å². The molecule has 1 N–H and O–H groups in total. The van der Waals surface area contributed by atoms with Crippen LogP contribution in [0.3, 0.4) is 0 Å². The number of nitrogens with zero attached hydrogens (tertiary/aromatic N) is 2. The standard InChI is InChI=1S/C19H23N3O/c1-5-22(12-11-20-13(2)3)17-14(4)8-9-15-16-7-6-10-21-19(16)23-18(15)17/h6-13,20H,5H2,1-4H3/b12-11-. The number of fused-ring (bicyclic) bond motifs is 3. The smallest absolute Gasteiger partial charge is 0.227 e. The monoisotopic (exact) mass is 309 g/mol. The van der Waals surface area contributed by atoms with Gasteiger partial charge in [-0.05, 0) is 45.4 Å². The van der Waals surface area contributed by atoms with Crippen LogP contribution in [0, 0.1) is 6.92 Å². The Balaban J connectivity index is 2.14. The van der Waals surface area contributed by atoms with E-state index in [1.165, 1.54) is 5.56 Å². The molecule has 23 heavy (non-hydrogen) atoms. The zero-order valence-electron chi connectivity index (χ0n) is 14.1. The summed E-state index contributed by atoms with van der Waals surface area (Å²) in [6.45, 7) is 9.36. The summed E-state index contributed by atoms with van der Waals surface area (Å²) in [5.74, 6) is 0. The van der Waals surface area contributed by atoms with Gasteiger partial charge in [-0.3, -0.25) is 0 Å². The van der Waals surface area contributed by atoms with E-state index in [2.05, 4.69) is 67.3 Å². The van der Waals surface area contributed by atoms with Crippen LogP contribution >= 0.6 is 0 Å². The molecule has 2 aromatic heterocycles. The summed E-state index contributed by atoms with van der Waals surface area (Å²) in [6, 6.07) is 8.68. The fraction of sp³-hybridized carbons (Fsp3) is 0.316. The van der Waals surface area contributed by atoms with Crippen molar-refractivity contribution in [2.24, 2.45) is 0 Å². The Morgan fingerprint density at radius 1 is 1.26 bits per heavy atom. The summed E-state index contributed by atoms with van der Waals surface area (Å²) < 4.78 is 6.07. The van der Waals surface area contributed by atoms with Crippen LogP contribution in [0.5, 0.6) is 0 Å². The van der Waals surface area contributed by atoms with Gasteiger partial charge < -0.3 is 14.6 Å². The summed E-state index contributed by atoms with van der Waals surface area (Å²) in [5, 5.41) is 5.48. The van der Waals surface area contributed by atoms with Crippen molar-refractivity contribution in [2.45, 2.75) is 33.7 Å². The van der Waals surface area contributed by atoms with E-state index >= 15 is 0 Å². The van der Waals surface area contributed by atoms with E-state index in [-0.39, 0.29) is 0 Å². The second kappa shape index (κ2) is 6.32. The van der Waals surface area contributed by atoms with Crippen molar-refractivity contribution in [3.8, 4) is 0 Å². The number of hydrogen-bond donors (Lipinski definition) is 1. The van der Waals surface area contributed by atoms with Gasteiger partial charge in [0.05, 0.1) is 5.69 Å². The molecule has 0 unspecified atom stereocenters. The van der Waals surface area contributed by atoms with Crippen molar-refractivity contribution in [1.82, 2.24) is 10.3 Å². The van der Waals surface area contributed by atoms with Crippen LogP contribution in [0.25, 0.3) is 22.1 Å². The molecule has 0 aliphatic carbocycles. The molecular formula is C19H23N3O. The number of rotatable bonds is 5. The highest BCUT2D eigenvalue weighted by Gasteiger charge is 2.16. The maximum absolute atomic E-state index is 6.07. The topological polar surface area (TPSA) is 41.3 Å². The SMILES string of the molecule is CCN(/C=C\NC(C)C)c1c(C)ccc2c1oc1ncccc12. The Hall–Kier alpha value is -2.49. The molecule has 0 spiro atoms. The van der Waals surface area contributed by atoms with Crippen LogP contribution in [0.4, 0.5) is 5.69 Å². The second-order valence-corrected chi connectivity index (χ2v) is 5.99. The van der Waals surface area contributed by atoms with Gasteiger partial charge >= 0.3 is 0 Å². The molecule has 0 saturated carbocycles. The van der Waals surface area contributed by atoms with E-state index < -0.39 is 0 Å². The van der Waals surface area contributed by atoms with E-state index in [9.17, 15) is 0 Å². The summed E-state index contributed by atoms with van der Waals surface area (Å²) >= 11 is 0. The molecule has 1 aromatic carbocycles. The van der Waals surface area contributed by atoms with E-state index in [1.54, 1.807) is 6.20 Å². The molecule has 0 aliphatic heterocycles. The van der Waals surface area contributed by atoms with Crippen molar-refractivity contribution in [3.05, 3.63) is 48.4 Å². The molecule has 3 aromatic rings. The first-order valence-corrected chi connectivity index (χ1v) is 8.08. The van der Waals surface area contributed by atoms with Crippen LogP contribution in [-0.4, -0.2) is 17.6 Å². The quantitative estimate of drug-likeness (QED) is 0.748. The molecule has 120 valence electrons. The maximum Gasteiger partial charge on any atom is 0.227 e. The minimum atomic E-state index is 0.414. The normalized spacial score (nSPS) is 11.9. The summed E-state index contributed by atoms with van der Waals surface area (Å²) in [7, 11) is 0. The first kappa shape index (κ1) is 15.4. The molecule has 0 saturated heterocycles. The number of hydrogen-bond acceptors (Lipinski definition) is 4. The van der Waals surface area contributed by atoms with Crippen LogP contribution in [0.2, 0.25) is 0 Å². The third-order valence-electron chi connectivity index (χ3n) is 3.91. The fourth-order valence-corrected chi connectivity index (χ4v) is 2.78. The number of furan rings is 1. The number of aryl methyl sites for hydroxylation is 1. The van der Waals surface area contributed by atoms with Gasteiger partial charge in [-0.25, -0.2) is 4.98 Å². The molecular weight excluding hydrogens is 286 g/mol. The summed E-state index contributed by atoms with van der Waals surface area (Å²) in [4.78, 5) is 6.55. The third kappa shape index (κ3) is 2.89. The lowest BCUT2D eigenvalue weighted by atomic mass is 10.1. The van der Waals surface area contributed by atoms with E-state index in [0.29, 0.717) is 11.8 Å². The predicted octanol–water partition coefficient (Wildman–Crippen LogP) is 4.58. The highest BCUT2D eigenvalue weighted by Crippen LogP contribution is 2.36. The lowest BCUT2D eigenvalue weighted by Crippen LogP contribution is -2.20. The molecule has 0 fully saturated rings. The lowest BCUT2D eigenvalue weighted by molar-refractivity contribution is 0.652. The van der Waals surface area contributed by atoms with Crippen LogP contribution < -0.4 is 10.2 Å². The third-order valence-corrected chi connectivity index (χ3v) is 3.91. The Kier molecular flexibility index (Phi) is 4.24.